The van der Waals surface area contributed by atoms with Gasteiger partial charge in [0.15, 0.2) is 0 Å². The lowest BCUT2D eigenvalue weighted by Gasteiger charge is -2.31. The normalized spacial score (nSPS) is 11.6. The van der Waals surface area contributed by atoms with E-state index in [2.05, 4.69) is 5.32 Å². The molecule has 0 heterocycles. The van der Waals surface area contributed by atoms with Gasteiger partial charge in [-0.1, -0.05) is 84.7 Å². The molecule has 0 spiro atoms. The Kier molecular flexibility index (Phi) is 8.10. The molecular weight excluding hydrogens is 431 g/mol. The quantitative estimate of drug-likeness (QED) is 0.468. The molecular formula is C25H24Cl2N2O2. The maximum absolute atomic E-state index is 13.3. The van der Waals surface area contributed by atoms with Gasteiger partial charge in [0, 0.05) is 29.6 Å². The van der Waals surface area contributed by atoms with E-state index in [9.17, 15) is 9.59 Å². The van der Waals surface area contributed by atoms with Crippen LogP contribution in [0.2, 0.25) is 10.0 Å². The number of benzene rings is 3. The van der Waals surface area contributed by atoms with Gasteiger partial charge in [0.25, 0.3) is 0 Å². The summed E-state index contributed by atoms with van der Waals surface area (Å²) >= 11 is 11.9. The Labute approximate surface area is 192 Å². The van der Waals surface area contributed by atoms with Crippen LogP contribution in [0.15, 0.2) is 78.9 Å². The first-order valence-corrected chi connectivity index (χ1v) is 10.8. The molecule has 3 aromatic carbocycles. The average Bonchev–Trinajstić information content (AvgIpc) is 2.79. The Balaban J connectivity index is 1.88. The first-order valence-electron chi connectivity index (χ1n) is 10.1. The van der Waals surface area contributed by atoms with Crippen molar-refractivity contribution >= 4 is 35.0 Å². The van der Waals surface area contributed by atoms with Crippen LogP contribution in [0.1, 0.15) is 36.1 Å². The van der Waals surface area contributed by atoms with Crippen LogP contribution in [0.25, 0.3) is 0 Å². The molecule has 0 radical (unpaired) electrons. The first-order chi connectivity index (χ1) is 15.0. The molecule has 1 atom stereocenters. The Hall–Kier alpha value is -2.82. The van der Waals surface area contributed by atoms with Crippen LogP contribution in [0.5, 0.6) is 0 Å². The summed E-state index contributed by atoms with van der Waals surface area (Å²) in [6, 6.07) is 23.2. The van der Waals surface area contributed by atoms with Crippen LogP contribution < -0.4 is 5.32 Å². The van der Waals surface area contributed by atoms with Crippen LogP contribution in [0, 0.1) is 0 Å². The molecule has 0 saturated carbocycles. The second-order valence-corrected chi connectivity index (χ2v) is 8.03. The maximum atomic E-state index is 13.3. The minimum absolute atomic E-state index is 0.106. The molecule has 0 fully saturated rings. The smallest absolute Gasteiger partial charge is 0.247 e. The van der Waals surface area contributed by atoms with Crippen molar-refractivity contribution in [3.8, 4) is 0 Å². The molecule has 1 N–H and O–H groups in total. The van der Waals surface area contributed by atoms with E-state index in [1.807, 2.05) is 54.6 Å². The van der Waals surface area contributed by atoms with Crippen LogP contribution >= 0.6 is 23.2 Å². The molecule has 4 nitrogen and oxygen atoms in total. The molecule has 0 aliphatic rings. The third kappa shape index (κ3) is 6.33. The summed E-state index contributed by atoms with van der Waals surface area (Å²) in [5.74, 6) is -0.345. The standard InChI is InChI=1S/C25H24Cl2N2O2/c1-2-23(30)29(17-19-10-14-22(27)15-11-19)24(20-6-4-3-5-7-20)25(31)28-16-18-8-12-21(26)13-9-18/h3-15,24H,2,16-17H2,1H3,(H,28,31)/t24-/m0/s1. The summed E-state index contributed by atoms with van der Waals surface area (Å²) in [5, 5.41) is 4.24. The first kappa shape index (κ1) is 22.9. The maximum Gasteiger partial charge on any atom is 0.247 e. The van der Waals surface area contributed by atoms with E-state index in [-0.39, 0.29) is 11.8 Å². The molecule has 2 amide bonds. The lowest BCUT2D eigenvalue weighted by atomic mass is 10.0. The predicted octanol–water partition coefficient (Wildman–Crippen LogP) is 5.79. The highest BCUT2D eigenvalue weighted by Gasteiger charge is 2.30. The van der Waals surface area contributed by atoms with Crippen molar-refractivity contribution < 1.29 is 9.59 Å². The fraction of sp³-hybridized carbons (Fsp3) is 0.200. The summed E-state index contributed by atoms with van der Waals surface area (Å²) < 4.78 is 0. The van der Waals surface area contributed by atoms with Gasteiger partial charge in [-0.25, -0.2) is 0 Å². The number of nitrogens with one attached hydrogen (secondary N) is 1. The van der Waals surface area contributed by atoms with Crippen molar-refractivity contribution in [1.29, 1.82) is 0 Å². The fourth-order valence-electron chi connectivity index (χ4n) is 3.31. The molecule has 3 rings (SSSR count). The molecule has 6 heteroatoms. The zero-order valence-electron chi connectivity index (χ0n) is 17.2. The van der Waals surface area contributed by atoms with Crippen molar-refractivity contribution in [3.63, 3.8) is 0 Å². The Morgan fingerprint density at radius 2 is 1.39 bits per heavy atom. The van der Waals surface area contributed by atoms with Gasteiger partial charge in [-0.2, -0.15) is 0 Å². The Morgan fingerprint density at radius 1 is 0.839 bits per heavy atom. The van der Waals surface area contributed by atoms with Gasteiger partial charge < -0.3 is 10.2 Å². The van der Waals surface area contributed by atoms with Crippen molar-refractivity contribution in [2.45, 2.75) is 32.5 Å². The van der Waals surface area contributed by atoms with Crippen LogP contribution in [-0.4, -0.2) is 16.7 Å². The van der Waals surface area contributed by atoms with Gasteiger partial charge in [0.1, 0.15) is 6.04 Å². The van der Waals surface area contributed by atoms with Gasteiger partial charge in [-0.05, 0) is 41.0 Å². The van der Waals surface area contributed by atoms with E-state index in [4.69, 9.17) is 23.2 Å². The van der Waals surface area contributed by atoms with Gasteiger partial charge >= 0.3 is 0 Å². The van der Waals surface area contributed by atoms with E-state index in [1.165, 1.54) is 0 Å². The van der Waals surface area contributed by atoms with Crippen LogP contribution in [0.3, 0.4) is 0 Å². The molecule has 31 heavy (non-hydrogen) atoms. The SMILES string of the molecule is CCC(=O)N(Cc1ccc(Cl)cc1)[C@H](C(=O)NCc1ccc(Cl)cc1)c1ccccc1. The number of carbonyl (C=O) groups excluding carboxylic acids is 2. The Morgan fingerprint density at radius 3 is 1.94 bits per heavy atom. The molecule has 160 valence electrons. The monoisotopic (exact) mass is 454 g/mol. The van der Waals surface area contributed by atoms with Crippen LogP contribution in [-0.2, 0) is 22.7 Å². The molecule has 0 saturated heterocycles. The minimum atomic E-state index is -0.753. The number of halogens is 2. The molecule has 0 aliphatic heterocycles. The lowest BCUT2D eigenvalue weighted by molar-refractivity contribution is -0.141. The van der Waals surface area contributed by atoms with E-state index in [1.54, 1.807) is 36.1 Å². The van der Waals surface area contributed by atoms with Crippen molar-refractivity contribution in [3.05, 3.63) is 106 Å². The Bertz CT molecular complexity index is 1010. The van der Waals surface area contributed by atoms with Crippen molar-refractivity contribution in [2.24, 2.45) is 0 Å². The molecule has 3 aromatic rings. The van der Waals surface area contributed by atoms with E-state index in [0.717, 1.165) is 16.7 Å². The van der Waals surface area contributed by atoms with Gasteiger partial charge in [0.05, 0.1) is 0 Å². The number of carbonyl (C=O) groups is 2. The number of hydrogen-bond donors (Lipinski definition) is 1. The third-order valence-corrected chi connectivity index (χ3v) is 5.45. The summed E-state index contributed by atoms with van der Waals surface area (Å²) in [7, 11) is 0. The van der Waals surface area contributed by atoms with Crippen LogP contribution in [0.4, 0.5) is 0 Å². The number of hydrogen-bond acceptors (Lipinski definition) is 2. The van der Waals surface area contributed by atoms with E-state index >= 15 is 0 Å². The van der Waals surface area contributed by atoms with Crippen molar-refractivity contribution in [2.75, 3.05) is 0 Å². The summed E-state index contributed by atoms with van der Waals surface area (Å²) in [5.41, 5.74) is 2.58. The zero-order chi connectivity index (χ0) is 22.2. The van der Waals surface area contributed by atoms with E-state index in [0.29, 0.717) is 29.6 Å². The lowest BCUT2D eigenvalue weighted by Crippen LogP contribution is -2.43. The second-order valence-electron chi connectivity index (χ2n) is 7.16. The molecule has 0 aliphatic carbocycles. The highest BCUT2D eigenvalue weighted by Crippen LogP contribution is 2.25. The number of amides is 2. The van der Waals surface area contributed by atoms with E-state index < -0.39 is 6.04 Å². The van der Waals surface area contributed by atoms with Gasteiger partial charge in [0.2, 0.25) is 11.8 Å². The number of rotatable bonds is 8. The fourth-order valence-corrected chi connectivity index (χ4v) is 3.56. The van der Waals surface area contributed by atoms with Gasteiger partial charge in [-0.3, -0.25) is 9.59 Å². The van der Waals surface area contributed by atoms with Gasteiger partial charge in [-0.15, -0.1) is 0 Å². The molecule has 0 bridgehead atoms. The molecule has 0 aromatic heterocycles. The second kappa shape index (κ2) is 11.0. The highest BCUT2D eigenvalue weighted by atomic mass is 35.5. The highest BCUT2D eigenvalue weighted by molar-refractivity contribution is 6.30. The summed E-state index contributed by atoms with van der Waals surface area (Å²) in [6.07, 6.45) is 0.293. The third-order valence-electron chi connectivity index (χ3n) is 4.94. The predicted molar refractivity (Wildman–Crippen MR) is 125 cm³/mol. The minimum Gasteiger partial charge on any atom is -0.350 e. The summed E-state index contributed by atoms with van der Waals surface area (Å²) in [6.45, 7) is 2.44. The van der Waals surface area contributed by atoms with Crippen molar-refractivity contribution in [1.82, 2.24) is 10.2 Å². The molecule has 0 unspecified atom stereocenters. The summed E-state index contributed by atoms with van der Waals surface area (Å²) in [4.78, 5) is 27.9. The zero-order valence-corrected chi connectivity index (χ0v) is 18.7. The topological polar surface area (TPSA) is 49.4 Å². The largest absolute Gasteiger partial charge is 0.350 e. The average molecular weight is 455 g/mol. The number of nitrogens with zero attached hydrogens (tertiary/aromatic N) is 1.